The molecule has 0 aliphatic carbocycles. The van der Waals surface area contributed by atoms with E-state index >= 15 is 0 Å². The van der Waals surface area contributed by atoms with Crippen LogP contribution in [0.1, 0.15) is 46.9 Å². The van der Waals surface area contributed by atoms with Crippen LogP contribution in [0.3, 0.4) is 0 Å². The van der Waals surface area contributed by atoms with Crippen molar-refractivity contribution < 1.29 is 4.79 Å². The summed E-state index contributed by atoms with van der Waals surface area (Å²) < 4.78 is 0. The third-order valence-corrected chi connectivity index (χ3v) is 4.31. The summed E-state index contributed by atoms with van der Waals surface area (Å²) in [6, 6.07) is 4.12. The summed E-state index contributed by atoms with van der Waals surface area (Å²) >= 11 is 0. The van der Waals surface area contributed by atoms with E-state index in [1.807, 2.05) is 13.0 Å². The lowest BCUT2D eigenvalue weighted by Crippen LogP contribution is -2.25. The number of benzene rings is 1. The number of carbonyl (C=O) groups is 1. The van der Waals surface area contributed by atoms with Crippen LogP contribution in [-0.4, -0.2) is 32.6 Å². The standard InChI is InChI=1S/C18H23N5O/c1-5-6-7-19-18(24)15-12(4)22-23-16(15)17-20-13-8-10(2)11(3)9-14(13)21-17/h8-9H,5-7H2,1-4H3,(H,19,24)(H,20,21)(H,22,23). The Balaban J connectivity index is 1.99. The maximum Gasteiger partial charge on any atom is 0.255 e. The zero-order chi connectivity index (χ0) is 17.3. The number of carbonyl (C=O) groups excluding carboxylic acids is 1. The lowest BCUT2D eigenvalue weighted by atomic mass is 10.1. The Morgan fingerprint density at radius 1 is 1.21 bits per heavy atom. The largest absolute Gasteiger partial charge is 0.352 e. The first-order valence-electron chi connectivity index (χ1n) is 8.31. The van der Waals surface area contributed by atoms with Crippen molar-refractivity contribution in [1.82, 2.24) is 25.5 Å². The fraction of sp³-hybridized carbons (Fsp3) is 0.389. The van der Waals surface area contributed by atoms with Crippen LogP contribution in [0.5, 0.6) is 0 Å². The molecule has 0 aliphatic heterocycles. The first-order valence-corrected chi connectivity index (χ1v) is 8.31. The van der Waals surface area contributed by atoms with E-state index in [1.165, 1.54) is 11.1 Å². The van der Waals surface area contributed by atoms with Gasteiger partial charge in [-0.1, -0.05) is 13.3 Å². The number of unbranched alkanes of at least 4 members (excludes halogenated alkanes) is 1. The van der Waals surface area contributed by atoms with E-state index in [0.29, 0.717) is 23.6 Å². The van der Waals surface area contributed by atoms with Crippen molar-refractivity contribution in [1.29, 1.82) is 0 Å². The number of nitrogens with one attached hydrogen (secondary N) is 3. The fourth-order valence-electron chi connectivity index (χ4n) is 2.73. The topological polar surface area (TPSA) is 86.5 Å². The average Bonchev–Trinajstić information content (AvgIpc) is 3.11. The van der Waals surface area contributed by atoms with Gasteiger partial charge in [-0.2, -0.15) is 5.10 Å². The summed E-state index contributed by atoms with van der Waals surface area (Å²) in [7, 11) is 0. The minimum Gasteiger partial charge on any atom is -0.352 e. The zero-order valence-corrected chi connectivity index (χ0v) is 14.6. The Labute approximate surface area is 141 Å². The van der Waals surface area contributed by atoms with Gasteiger partial charge in [0, 0.05) is 12.2 Å². The molecule has 0 aliphatic rings. The van der Waals surface area contributed by atoms with Gasteiger partial charge in [-0.3, -0.25) is 9.89 Å². The second-order valence-corrected chi connectivity index (χ2v) is 6.22. The van der Waals surface area contributed by atoms with Gasteiger partial charge in [0.15, 0.2) is 5.82 Å². The van der Waals surface area contributed by atoms with Crippen molar-refractivity contribution in [3.05, 3.63) is 34.5 Å². The van der Waals surface area contributed by atoms with Crippen molar-refractivity contribution in [3.8, 4) is 11.5 Å². The third-order valence-electron chi connectivity index (χ3n) is 4.31. The molecule has 0 fully saturated rings. The molecule has 3 N–H and O–H groups in total. The average molecular weight is 325 g/mol. The van der Waals surface area contributed by atoms with Crippen LogP contribution in [0, 0.1) is 20.8 Å². The van der Waals surface area contributed by atoms with Gasteiger partial charge >= 0.3 is 0 Å². The van der Waals surface area contributed by atoms with Crippen molar-refractivity contribution in [2.45, 2.75) is 40.5 Å². The second-order valence-electron chi connectivity index (χ2n) is 6.22. The van der Waals surface area contributed by atoms with Gasteiger partial charge in [-0.15, -0.1) is 0 Å². The SMILES string of the molecule is CCCCNC(=O)c1c(-c2nc3cc(C)c(C)cc3[nH]2)n[nH]c1C. The number of imidazole rings is 1. The monoisotopic (exact) mass is 325 g/mol. The molecule has 126 valence electrons. The first-order chi connectivity index (χ1) is 11.5. The predicted octanol–water partition coefficient (Wildman–Crippen LogP) is 3.41. The van der Waals surface area contributed by atoms with Crippen LogP contribution in [0.4, 0.5) is 0 Å². The van der Waals surface area contributed by atoms with Gasteiger partial charge in [0.2, 0.25) is 0 Å². The van der Waals surface area contributed by atoms with E-state index in [4.69, 9.17) is 0 Å². The summed E-state index contributed by atoms with van der Waals surface area (Å²) in [6.45, 7) is 8.74. The molecule has 0 spiro atoms. The highest BCUT2D eigenvalue weighted by molar-refractivity contribution is 6.00. The smallest absolute Gasteiger partial charge is 0.255 e. The van der Waals surface area contributed by atoms with Gasteiger partial charge in [0.05, 0.1) is 16.6 Å². The lowest BCUT2D eigenvalue weighted by molar-refractivity contribution is 0.0953. The number of hydrogen-bond acceptors (Lipinski definition) is 3. The van der Waals surface area contributed by atoms with E-state index in [2.05, 4.69) is 52.3 Å². The minimum absolute atomic E-state index is 0.113. The molecular formula is C18H23N5O. The molecule has 0 bridgehead atoms. The maximum absolute atomic E-state index is 12.5. The molecule has 2 heterocycles. The molecule has 2 aromatic heterocycles. The number of amides is 1. The van der Waals surface area contributed by atoms with Crippen LogP contribution in [0.2, 0.25) is 0 Å². The van der Waals surface area contributed by atoms with Crippen LogP contribution < -0.4 is 5.32 Å². The van der Waals surface area contributed by atoms with E-state index < -0.39 is 0 Å². The molecule has 24 heavy (non-hydrogen) atoms. The van der Waals surface area contributed by atoms with Crippen LogP contribution in [-0.2, 0) is 0 Å². The molecule has 0 atom stereocenters. The Bertz CT molecular complexity index is 851. The molecular weight excluding hydrogens is 302 g/mol. The van der Waals surface area contributed by atoms with Gasteiger partial charge in [0.1, 0.15) is 5.69 Å². The highest BCUT2D eigenvalue weighted by Gasteiger charge is 2.21. The van der Waals surface area contributed by atoms with Gasteiger partial charge in [-0.05, 0) is 50.5 Å². The Kier molecular flexibility index (Phi) is 4.38. The van der Waals surface area contributed by atoms with E-state index in [-0.39, 0.29) is 5.91 Å². The summed E-state index contributed by atoms with van der Waals surface area (Å²) in [5, 5.41) is 10.1. The van der Waals surface area contributed by atoms with E-state index in [1.54, 1.807) is 0 Å². The second kappa shape index (κ2) is 6.47. The summed E-state index contributed by atoms with van der Waals surface area (Å²) in [5.41, 5.74) is 6.08. The number of H-pyrrole nitrogens is 2. The number of hydrogen-bond donors (Lipinski definition) is 3. The number of rotatable bonds is 5. The molecule has 6 nitrogen and oxygen atoms in total. The van der Waals surface area contributed by atoms with Crippen molar-refractivity contribution in [2.24, 2.45) is 0 Å². The molecule has 0 saturated carbocycles. The van der Waals surface area contributed by atoms with E-state index in [9.17, 15) is 4.79 Å². The third kappa shape index (κ3) is 2.91. The molecule has 6 heteroatoms. The minimum atomic E-state index is -0.113. The van der Waals surface area contributed by atoms with Crippen LogP contribution >= 0.6 is 0 Å². The Morgan fingerprint density at radius 2 is 1.96 bits per heavy atom. The number of nitrogens with zero attached hydrogens (tertiary/aromatic N) is 2. The van der Waals surface area contributed by atoms with Crippen LogP contribution in [0.25, 0.3) is 22.6 Å². The summed E-state index contributed by atoms with van der Waals surface area (Å²) in [4.78, 5) is 20.4. The highest BCUT2D eigenvalue weighted by Crippen LogP contribution is 2.25. The zero-order valence-electron chi connectivity index (χ0n) is 14.6. The van der Waals surface area contributed by atoms with Crippen molar-refractivity contribution in [2.75, 3.05) is 6.54 Å². The Hall–Kier alpha value is -2.63. The van der Waals surface area contributed by atoms with Gasteiger partial charge in [0.25, 0.3) is 5.91 Å². The first kappa shape index (κ1) is 16.2. The molecule has 3 rings (SSSR count). The van der Waals surface area contributed by atoms with Crippen molar-refractivity contribution in [3.63, 3.8) is 0 Å². The molecule has 1 aromatic carbocycles. The van der Waals surface area contributed by atoms with Gasteiger partial charge < -0.3 is 10.3 Å². The number of fused-ring (bicyclic) bond motifs is 1. The Morgan fingerprint density at radius 3 is 2.71 bits per heavy atom. The summed E-state index contributed by atoms with van der Waals surface area (Å²) in [5.74, 6) is 0.498. The van der Waals surface area contributed by atoms with Crippen LogP contribution in [0.15, 0.2) is 12.1 Å². The molecule has 3 aromatic rings. The molecule has 0 radical (unpaired) electrons. The summed E-state index contributed by atoms with van der Waals surface area (Å²) in [6.07, 6.45) is 2.00. The number of aromatic nitrogens is 4. The normalized spacial score (nSPS) is 11.2. The quantitative estimate of drug-likeness (QED) is 0.628. The molecule has 1 amide bonds. The fourth-order valence-corrected chi connectivity index (χ4v) is 2.73. The van der Waals surface area contributed by atoms with Gasteiger partial charge in [-0.25, -0.2) is 4.98 Å². The van der Waals surface area contributed by atoms with Crippen molar-refractivity contribution >= 4 is 16.9 Å². The van der Waals surface area contributed by atoms with E-state index in [0.717, 1.165) is 29.6 Å². The molecule has 0 saturated heterocycles. The lowest BCUT2D eigenvalue weighted by Gasteiger charge is -2.04. The number of aromatic amines is 2. The number of aryl methyl sites for hydroxylation is 3. The maximum atomic E-state index is 12.5. The molecule has 0 unspecified atom stereocenters. The predicted molar refractivity (Wildman–Crippen MR) is 95.1 cm³/mol. The highest BCUT2D eigenvalue weighted by atomic mass is 16.1.